The van der Waals surface area contributed by atoms with E-state index in [-0.39, 0.29) is 8.88 Å². The predicted octanol–water partition coefficient (Wildman–Crippen LogP) is 8.51. The van der Waals surface area contributed by atoms with Crippen molar-refractivity contribution in [3.8, 4) is 0 Å². The number of nitrogens with one attached hydrogen (secondary N) is 2. The molecule has 168 valence electrons. The van der Waals surface area contributed by atoms with Gasteiger partial charge in [0, 0.05) is 15.8 Å². The average molecular weight is 397 g/mol. The maximum Gasteiger partial charge on any atom is 0.319 e. The number of carbonyl (C=O) groups excluding carboxylic acids is 1. The Morgan fingerprint density at radius 1 is 0.821 bits per heavy atom. The van der Waals surface area contributed by atoms with E-state index < -0.39 is 0 Å². The van der Waals surface area contributed by atoms with Crippen LogP contribution in [0.25, 0.3) is 0 Å². The molecule has 0 aromatic carbocycles. The fourth-order valence-electron chi connectivity index (χ4n) is 3.40. The fraction of sp³-hybridized carbons (Fsp3) is 0.840. The molecule has 0 heterocycles. The summed E-state index contributed by atoms with van der Waals surface area (Å²) < 4.78 is 0. The first kappa shape index (κ1) is 26.8. The monoisotopic (exact) mass is 396 g/mol. The van der Waals surface area contributed by atoms with Crippen LogP contribution >= 0.6 is 0 Å². The van der Waals surface area contributed by atoms with Crippen LogP contribution in [0, 0.1) is 0 Å². The van der Waals surface area contributed by atoms with Gasteiger partial charge >= 0.3 is 6.03 Å². The third kappa shape index (κ3) is 15.8. The minimum Gasteiger partial charge on any atom is -0.338 e. The topological polar surface area (TPSA) is 41.1 Å². The van der Waals surface area contributed by atoms with Gasteiger partial charge in [-0.15, -0.1) is 0 Å². The highest BCUT2D eigenvalue weighted by Crippen LogP contribution is 2.19. The van der Waals surface area contributed by atoms with Crippen molar-refractivity contribution in [2.75, 3.05) is 6.54 Å². The molecule has 3 nitrogen and oxygen atoms in total. The molecule has 0 saturated carbocycles. The van der Waals surface area contributed by atoms with Gasteiger partial charge in [0.05, 0.1) is 5.70 Å². The molecule has 0 aliphatic heterocycles. The largest absolute Gasteiger partial charge is 0.338 e. The SMILES string of the molecule is CC.CCCCCCCCCCCCCCCCNC(=O)NC1=C=C(CC)C1.[HH].[HH]. The summed E-state index contributed by atoms with van der Waals surface area (Å²) in [4.78, 5) is 11.7. The molecule has 0 spiro atoms. The second-order valence-corrected chi connectivity index (χ2v) is 7.71. The van der Waals surface area contributed by atoms with Crippen LogP contribution in [0.4, 0.5) is 4.79 Å². The lowest BCUT2D eigenvalue weighted by Gasteiger charge is -2.15. The van der Waals surface area contributed by atoms with Crippen LogP contribution in [0.1, 0.15) is 133 Å². The van der Waals surface area contributed by atoms with Crippen molar-refractivity contribution < 1.29 is 7.65 Å². The van der Waals surface area contributed by atoms with Gasteiger partial charge in [0.25, 0.3) is 0 Å². The molecule has 0 aromatic heterocycles. The van der Waals surface area contributed by atoms with E-state index in [1.165, 1.54) is 89.0 Å². The van der Waals surface area contributed by atoms with Gasteiger partial charge in [0.1, 0.15) is 0 Å². The standard InChI is InChI=1S/C23H42N2O.C2H6.2H2/c1-3-5-6-7-8-9-10-11-12-13-14-15-16-17-18-24-23(26)25-22-19-21(4-2)20-22;1-2;;/h3-19H2,1-2H3,(H2,24,25,26);1-2H3;2*1H. The molecule has 28 heavy (non-hydrogen) atoms. The summed E-state index contributed by atoms with van der Waals surface area (Å²) in [6, 6.07) is -0.0719. The van der Waals surface area contributed by atoms with Crippen LogP contribution in [0.15, 0.2) is 17.0 Å². The molecular weight excluding hydrogens is 344 g/mol. The van der Waals surface area contributed by atoms with Crippen LogP contribution in [0.2, 0.25) is 0 Å². The van der Waals surface area contributed by atoms with Crippen LogP contribution < -0.4 is 10.6 Å². The summed E-state index contributed by atoms with van der Waals surface area (Å²) in [6.07, 6.45) is 21.0. The third-order valence-electron chi connectivity index (χ3n) is 5.22. The van der Waals surface area contributed by atoms with E-state index in [9.17, 15) is 4.79 Å². The normalized spacial score (nSPS) is 12.3. The predicted molar refractivity (Wildman–Crippen MR) is 128 cm³/mol. The first-order valence-corrected chi connectivity index (χ1v) is 12.3. The van der Waals surface area contributed by atoms with E-state index in [1.807, 2.05) is 13.8 Å². The van der Waals surface area contributed by atoms with E-state index >= 15 is 0 Å². The number of hydrogen-bond acceptors (Lipinski definition) is 1. The third-order valence-corrected chi connectivity index (χ3v) is 5.22. The Labute approximate surface area is 178 Å². The molecular formula is C25H52N2O. The highest BCUT2D eigenvalue weighted by Gasteiger charge is 2.11. The molecule has 0 fully saturated rings. The van der Waals surface area contributed by atoms with E-state index in [2.05, 4.69) is 30.2 Å². The maximum atomic E-state index is 11.7. The summed E-state index contributed by atoms with van der Waals surface area (Å²) in [5.41, 5.74) is 5.41. The smallest absolute Gasteiger partial charge is 0.319 e. The zero-order valence-corrected chi connectivity index (χ0v) is 19.4. The Morgan fingerprint density at radius 2 is 1.25 bits per heavy atom. The average Bonchev–Trinajstić information content (AvgIpc) is 2.69. The molecule has 3 heteroatoms. The Kier molecular flexibility index (Phi) is 19.6. The lowest BCUT2D eigenvalue weighted by molar-refractivity contribution is 0.242. The lowest BCUT2D eigenvalue weighted by atomic mass is 10.0. The first-order chi connectivity index (χ1) is 13.8. The van der Waals surface area contributed by atoms with Gasteiger partial charge in [0.15, 0.2) is 0 Å². The van der Waals surface area contributed by atoms with Crippen LogP contribution in [0.3, 0.4) is 0 Å². The second-order valence-electron chi connectivity index (χ2n) is 7.71. The fourth-order valence-corrected chi connectivity index (χ4v) is 3.40. The molecule has 2 N–H and O–H groups in total. The van der Waals surface area contributed by atoms with Gasteiger partial charge in [0.2, 0.25) is 0 Å². The van der Waals surface area contributed by atoms with Gasteiger partial charge in [-0.05, 0) is 18.4 Å². The van der Waals surface area contributed by atoms with E-state index in [1.54, 1.807) is 0 Å². The van der Waals surface area contributed by atoms with Crippen LogP contribution in [-0.2, 0) is 0 Å². The minimum absolute atomic E-state index is 0. The maximum absolute atomic E-state index is 11.7. The molecule has 0 radical (unpaired) electrons. The summed E-state index contributed by atoms with van der Waals surface area (Å²) in [7, 11) is 0. The molecule has 0 aromatic rings. The molecule has 1 aliphatic carbocycles. The minimum atomic E-state index is -0.0719. The Bertz CT molecular complexity index is 446. The Balaban J connectivity index is -0.00000176. The highest BCUT2D eigenvalue weighted by molar-refractivity contribution is 5.76. The highest BCUT2D eigenvalue weighted by atomic mass is 16.2. The van der Waals surface area contributed by atoms with Gasteiger partial charge in [-0.3, -0.25) is 0 Å². The zero-order valence-electron chi connectivity index (χ0n) is 19.4. The van der Waals surface area contributed by atoms with E-state index in [0.717, 1.165) is 31.5 Å². The summed E-state index contributed by atoms with van der Waals surface area (Å²) in [5, 5.41) is 5.80. The van der Waals surface area contributed by atoms with Crippen LogP contribution in [-0.4, -0.2) is 12.6 Å². The number of hydrogen-bond donors (Lipinski definition) is 2. The molecule has 2 amide bonds. The number of urea groups is 1. The first-order valence-electron chi connectivity index (χ1n) is 12.3. The second kappa shape index (κ2) is 20.5. The summed E-state index contributed by atoms with van der Waals surface area (Å²) in [6.45, 7) is 9.18. The van der Waals surface area contributed by atoms with Crippen molar-refractivity contribution in [2.45, 2.75) is 130 Å². The molecule has 1 rings (SSSR count). The Morgan fingerprint density at radius 3 is 1.68 bits per heavy atom. The van der Waals surface area contributed by atoms with Crippen molar-refractivity contribution in [3.63, 3.8) is 0 Å². The number of rotatable bonds is 17. The van der Waals surface area contributed by atoms with E-state index in [4.69, 9.17) is 0 Å². The summed E-state index contributed by atoms with van der Waals surface area (Å²) in [5.74, 6) is 0. The van der Waals surface area contributed by atoms with Crippen molar-refractivity contribution in [1.29, 1.82) is 0 Å². The molecule has 0 atom stereocenters. The molecule has 0 unspecified atom stereocenters. The van der Waals surface area contributed by atoms with E-state index in [0.29, 0.717) is 0 Å². The molecule has 0 bridgehead atoms. The van der Waals surface area contributed by atoms with Gasteiger partial charge in [-0.25, -0.2) is 4.79 Å². The van der Waals surface area contributed by atoms with Crippen molar-refractivity contribution in [3.05, 3.63) is 17.0 Å². The quantitative estimate of drug-likeness (QED) is 0.188. The van der Waals surface area contributed by atoms with Gasteiger partial charge in [-0.1, -0.05) is 117 Å². The van der Waals surface area contributed by atoms with Crippen molar-refractivity contribution >= 4 is 6.03 Å². The number of unbranched alkanes of at least 4 members (excludes halogenated alkanes) is 13. The number of carbonyl (C=O) groups is 1. The Hall–Kier alpha value is -1.21. The van der Waals surface area contributed by atoms with Crippen molar-refractivity contribution in [2.24, 2.45) is 0 Å². The van der Waals surface area contributed by atoms with Crippen molar-refractivity contribution in [1.82, 2.24) is 10.6 Å². The summed E-state index contributed by atoms with van der Waals surface area (Å²) >= 11 is 0. The van der Waals surface area contributed by atoms with Crippen LogP contribution in [0.5, 0.6) is 0 Å². The molecule has 0 saturated heterocycles. The molecule has 1 aliphatic rings. The number of amides is 2. The lowest BCUT2D eigenvalue weighted by Crippen LogP contribution is -2.36. The zero-order chi connectivity index (χ0) is 20.9. The van der Waals surface area contributed by atoms with Gasteiger partial charge < -0.3 is 10.6 Å². The van der Waals surface area contributed by atoms with Gasteiger partial charge in [-0.2, -0.15) is 0 Å².